The molecule has 2 aliphatic carbocycles. The fraction of sp³-hybridized carbons (Fsp3) is 0.542. The van der Waals surface area contributed by atoms with Gasteiger partial charge in [0.2, 0.25) is 0 Å². The molecule has 2 nitrogen and oxygen atoms in total. The Morgan fingerprint density at radius 2 is 1.54 bits per heavy atom. The molecule has 0 aromatic heterocycles. The summed E-state index contributed by atoms with van der Waals surface area (Å²) >= 11 is 0. The maximum Gasteiger partial charge on any atom is 4.00 e. The number of hydrogen-bond donors (Lipinski definition) is 0. The smallest absolute Gasteiger partial charge is 0.667 e. The van der Waals surface area contributed by atoms with Crippen molar-refractivity contribution in [3.05, 3.63) is 69.4 Å². The van der Waals surface area contributed by atoms with Gasteiger partial charge in [-0.1, -0.05) is 64.9 Å². The van der Waals surface area contributed by atoms with E-state index in [0.29, 0.717) is 6.04 Å². The fourth-order valence-electron chi connectivity index (χ4n) is 6.06. The summed E-state index contributed by atoms with van der Waals surface area (Å²) < 4.78 is 0. The summed E-state index contributed by atoms with van der Waals surface area (Å²) in [6.07, 6.45) is 8.34. The summed E-state index contributed by atoms with van der Waals surface area (Å²) in [5.74, 6) is 2.54. The summed E-state index contributed by atoms with van der Waals surface area (Å²) in [6, 6.07) is 11.7. The van der Waals surface area contributed by atoms with Crippen molar-refractivity contribution in [3.8, 4) is 0 Å². The van der Waals surface area contributed by atoms with Gasteiger partial charge >= 0.3 is 21.7 Å². The molecule has 4 heteroatoms. The Balaban J connectivity index is 0.00000182. The van der Waals surface area contributed by atoms with Gasteiger partial charge in [-0.25, -0.2) is 0 Å². The van der Waals surface area contributed by atoms with Crippen molar-refractivity contribution < 1.29 is 21.7 Å². The molecule has 4 rings (SSSR count). The molecule has 2 fully saturated rings. The Morgan fingerprint density at radius 3 is 2.11 bits per heavy atom. The summed E-state index contributed by atoms with van der Waals surface area (Å²) in [5, 5.41) is 0. The number of hydrogen-bond acceptors (Lipinski definition) is 1. The molecule has 0 N–H and O–H groups in total. The van der Waals surface area contributed by atoms with Gasteiger partial charge in [-0.05, 0) is 42.9 Å². The second kappa shape index (κ2) is 10.6. The molecular weight excluding hydrogens is 392 g/mol. The van der Waals surface area contributed by atoms with E-state index in [0.717, 1.165) is 23.3 Å². The Kier molecular flexibility index (Phi) is 10.5. The summed E-state index contributed by atoms with van der Waals surface area (Å²) in [6.45, 7) is 7.32. The second-order valence-corrected chi connectivity index (χ2v) is 13.0. The van der Waals surface area contributed by atoms with Gasteiger partial charge in [0.15, 0.2) is 0 Å². The largest absolute Gasteiger partial charge is 4.00 e. The van der Waals surface area contributed by atoms with Gasteiger partial charge in [-0.2, -0.15) is 7.05 Å². The van der Waals surface area contributed by atoms with E-state index in [2.05, 4.69) is 68.4 Å². The molecule has 0 spiro atoms. The van der Waals surface area contributed by atoms with Crippen molar-refractivity contribution in [2.24, 2.45) is 17.8 Å². The summed E-state index contributed by atoms with van der Waals surface area (Å²) in [4.78, 5) is 7.67. The van der Waals surface area contributed by atoms with Crippen LogP contribution >= 0.6 is 0 Å². The molecule has 0 amide bonds. The van der Waals surface area contributed by atoms with Crippen molar-refractivity contribution >= 4 is 13.9 Å². The average Bonchev–Trinajstić information content (AvgIpc) is 3.08. The van der Waals surface area contributed by atoms with Gasteiger partial charge in [-0.3, -0.25) is 0 Å². The van der Waals surface area contributed by atoms with E-state index in [9.17, 15) is 0 Å². The number of allylic oxidation sites excluding steroid dienone is 1. The first-order chi connectivity index (χ1) is 11.5. The summed E-state index contributed by atoms with van der Waals surface area (Å²) in [7, 11) is 0.490. The Morgan fingerprint density at radius 1 is 0.964 bits per heavy atom. The molecular formula is C24H40N2SiTi. The molecule has 5 atom stereocenters. The van der Waals surface area contributed by atoms with Gasteiger partial charge in [-0.15, -0.1) is 0 Å². The SMILES string of the molecule is C[N-][Si](C)(C)C1C2CCCCC2C2C=C(C)N(c3ccccc3)C21.[CH3-].[CH3-].[CH3-].[Ti+4]. The van der Waals surface area contributed by atoms with Gasteiger partial charge in [0, 0.05) is 23.3 Å². The number of fused-ring (bicyclic) bond motifs is 3. The van der Waals surface area contributed by atoms with Crippen LogP contribution in [0.25, 0.3) is 4.98 Å². The Hall–Kier alpha value is -0.349. The van der Waals surface area contributed by atoms with Crippen LogP contribution in [0.15, 0.2) is 42.1 Å². The quantitative estimate of drug-likeness (QED) is 0.366. The molecule has 2 saturated carbocycles. The van der Waals surface area contributed by atoms with Crippen molar-refractivity contribution in [2.45, 2.75) is 57.3 Å². The number of anilines is 1. The minimum absolute atomic E-state index is 0. The first-order valence-electron chi connectivity index (χ1n) is 9.68. The fourth-order valence-corrected chi connectivity index (χ4v) is 9.03. The summed E-state index contributed by atoms with van der Waals surface area (Å²) in [5.41, 5.74) is 3.63. The topological polar surface area (TPSA) is 17.3 Å². The number of para-hydroxylation sites is 1. The average molecular weight is 433 g/mol. The number of nitrogens with zero attached hydrogens (tertiary/aromatic N) is 2. The van der Waals surface area contributed by atoms with E-state index in [1.165, 1.54) is 37.1 Å². The van der Waals surface area contributed by atoms with Crippen LogP contribution in [0.2, 0.25) is 18.6 Å². The maximum absolute atomic E-state index is 5.00. The van der Waals surface area contributed by atoms with Gasteiger partial charge < -0.3 is 32.2 Å². The van der Waals surface area contributed by atoms with E-state index in [-0.39, 0.29) is 44.0 Å². The van der Waals surface area contributed by atoms with Gasteiger partial charge in [0.25, 0.3) is 0 Å². The normalized spacial score (nSPS) is 30.5. The van der Waals surface area contributed by atoms with E-state index in [1.807, 2.05) is 0 Å². The van der Waals surface area contributed by atoms with Crippen molar-refractivity contribution in [3.63, 3.8) is 0 Å². The van der Waals surface area contributed by atoms with Crippen LogP contribution in [0.5, 0.6) is 0 Å². The van der Waals surface area contributed by atoms with Crippen LogP contribution < -0.4 is 4.90 Å². The van der Waals surface area contributed by atoms with E-state index in [4.69, 9.17) is 4.98 Å². The standard InChI is InChI=1S/C21H31N2Si.3CH3.Ti/c1-15-14-19-17-12-8-9-13-18(17)21(24(3,4)22-2)20(19)23(15)16-10-6-5-7-11-16;;;;/h5-7,10-11,14,17-21H,8-9,12-13H2,1-4H3;3*1H3;/q4*-1;+4. The van der Waals surface area contributed by atoms with Crippen molar-refractivity contribution in [2.75, 3.05) is 11.9 Å². The zero-order chi connectivity index (χ0) is 16.9. The number of rotatable bonds is 3. The molecule has 1 heterocycles. The molecule has 154 valence electrons. The third kappa shape index (κ3) is 4.38. The molecule has 3 aliphatic rings. The van der Waals surface area contributed by atoms with E-state index in [1.54, 1.807) is 0 Å². The maximum atomic E-state index is 5.00. The second-order valence-electron chi connectivity index (χ2n) is 8.60. The van der Waals surface area contributed by atoms with Gasteiger partial charge in [0.05, 0.1) is 0 Å². The molecule has 1 aliphatic heterocycles. The molecule has 28 heavy (non-hydrogen) atoms. The molecule has 0 bridgehead atoms. The van der Waals surface area contributed by atoms with Crippen LogP contribution in [0.1, 0.15) is 32.6 Å². The molecule has 1 aromatic carbocycles. The minimum Gasteiger partial charge on any atom is -0.667 e. The third-order valence-corrected chi connectivity index (χ3v) is 10.7. The minimum atomic E-state index is -1.59. The van der Waals surface area contributed by atoms with Crippen molar-refractivity contribution in [1.29, 1.82) is 0 Å². The first-order valence-corrected chi connectivity index (χ1v) is 12.7. The van der Waals surface area contributed by atoms with Crippen LogP contribution in [-0.2, 0) is 21.7 Å². The van der Waals surface area contributed by atoms with Crippen LogP contribution in [-0.4, -0.2) is 21.3 Å². The molecule has 5 unspecified atom stereocenters. The van der Waals surface area contributed by atoms with Crippen LogP contribution in [0, 0.1) is 40.0 Å². The predicted molar refractivity (Wildman–Crippen MR) is 125 cm³/mol. The predicted octanol–water partition coefficient (Wildman–Crippen LogP) is 7.14. The molecule has 0 radical (unpaired) electrons. The zero-order valence-corrected chi connectivity index (χ0v) is 21.6. The third-order valence-electron chi connectivity index (χ3n) is 7.13. The molecule has 1 aromatic rings. The Labute approximate surface area is 191 Å². The van der Waals surface area contributed by atoms with E-state index >= 15 is 0 Å². The van der Waals surface area contributed by atoms with Gasteiger partial charge in [0.1, 0.15) is 0 Å². The zero-order valence-electron chi connectivity index (χ0n) is 19.1. The Bertz CT molecular complexity index is 631. The molecule has 0 saturated heterocycles. The number of benzene rings is 1. The van der Waals surface area contributed by atoms with Crippen LogP contribution in [0.4, 0.5) is 5.69 Å². The van der Waals surface area contributed by atoms with Crippen molar-refractivity contribution in [1.82, 2.24) is 0 Å². The first kappa shape index (κ1) is 27.7. The van der Waals surface area contributed by atoms with E-state index < -0.39 is 8.24 Å². The van der Waals surface area contributed by atoms with Crippen LogP contribution in [0.3, 0.4) is 0 Å². The monoisotopic (exact) mass is 432 g/mol.